The van der Waals surface area contributed by atoms with Gasteiger partial charge in [0.05, 0.1) is 36.3 Å². The lowest BCUT2D eigenvalue weighted by Crippen LogP contribution is -2.39. The molecule has 9 nitrogen and oxygen atoms in total. The highest BCUT2D eigenvalue weighted by Gasteiger charge is 2.40. The number of methoxy groups -OCH3 is 1. The topological polar surface area (TPSA) is 116 Å². The number of benzene rings is 2. The Labute approximate surface area is 185 Å². The monoisotopic (exact) mass is 435 g/mol. The van der Waals surface area contributed by atoms with Gasteiger partial charge in [-0.1, -0.05) is 26.0 Å². The Kier molecular flexibility index (Phi) is 5.81. The molecule has 4 amide bonds. The molecule has 0 saturated carbocycles. The van der Waals surface area contributed by atoms with Crippen LogP contribution >= 0.6 is 0 Å². The molecular formula is C23H25N5O4. The Morgan fingerprint density at radius 1 is 1.16 bits per heavy atom. The van der Waals surface area contributed by atoms with E-state index in [9.17, 15) is 14.4 Å². The molecule has 3 aromatic rings. The van der Waals surface area contributed by atoms with E-state index in [4.69, 9.17) is 4.74 Å². The number of carbonyl (C=O) groups is 3. The molecule has 4 rings (SSSR count). The second kappa shape index (κ2) is 8.70. The molecule has 1 aliphatic rings. The number of rotatable bonds is 7. The molecule has 1 fully saturated rings. The lowest BCUT2D eigenvalue weighted by molar-refractivity contribution is -0.126. The Bertz CT molecular complexity index is 1120. The van der Waals surface area contributed by atoms with Crippen molar-refractivity contribution in [2.24, 2.45) is 5.92 Å². The average Bonchev–Trinajstić information content (AvgIpc) is 3.32. The fraction of sp³-hybridized carbons (Fsp3) is 0.304. The fourth-order valence-electron chi connectivity index (χ4n) is 3.73. The van der Waals surface area contributed by atoms with Gasteiger partial charge in [-0.25, -0.2) is 14.7 Å². The summed E-state index contributed by atoms with van der Waals surface area (Å²) in [6.45, 7) is 3.96. The maximum Gasteiger partial charge on any atom is 0.329 e. The van der Waals surface area contributed by atoms with Gasteiger partial charge in [-0.15, -0.1) is 0 Å². The van der Waals surface area contributed by atoms with Crippen LogP contribution in [0.5, 0.6) is 5.75 Å². The lowest BCUT2D eigenvalue weighted by Gasteiger charge is -2.21. The summed E-state index contributed by atoms with van der Waals surface area (Å²) >= 11 is 0. The van der Waals surface area contributed by atoms with Crippen molar-refractivity contribution in [2.45, 2.75) is 32.4 Å². The summed E-state index contributed by atoms with van der Waals surface area (Å²) in [5.41, 5.74) is 2.12. The molecule has 2 aromatic carbocycles. The van der Waals surface area contributed by atoms with Gasteiger partial charge in [-0.05, 0) is 42.3 Å². The summed E-state index contributed by atoms with van der Waals surface area (Å²) < 4.78 is 5.11. The summed E-state index contributed by atoms with van der Waals surface area (Å²) in [5, 5.41) is 5.55. The highest BCUT2D eigenvalue weighted by molar-refractivity contribution is 6.22. The van der Waals surface area contributed by atoms with Crippen molar-refractivity contribution in [2.75, 3.05) is 12.0 Å². The second-order valence-corrected chi connectivity index (χ2v) is 8.01. The quantitative estimate of drug-likeness (QED) is 0.494. The number of para-hydroxylation sites is 2. The Balaban J connectivity index is 1.45. The van der Waals surface area contributed by atoms with Crippen LogP contribution in [-0.4, -0.2) is 41.0 Å². The van der Waals surface area contributed by atoms with Crippen molar-refractivity contribution in [1.29, 1.82) is 0 Å². The minimum atomic E-state index is -0.937. The fourth-order valence-corrected chi connectivity index (χ4v) is 3.73. The number of nitrogens with zero attached hydrogens (tertiary/aromatic N) is 2. The third-order valence-electron chi connectivity index (χ3n) is 5.42. The van der Waals surface area contributed by atoms with E-state index in [-0.39, 0.29) is 24.3 Å². The Hall–Kier alpha value is -3.88. The van der Waals surface area contributed by atoms with Crippen molar-refractivity contribution in [3.8, 4) is 5.75 Å². The van der Waals surface area contributed by atoms with E-state index in [2.05, 4.69) is 20.6 Å². The van der Waals surface area contributed by atoms with Crippen LogP contribution in [0.15, 0.2) is 48.5 Å². The van der Waals surface area contributed by atoms with Crippen molar-refractivity contribution in [3.05, 3.63) is 54.4 Å². The first-order valence-corrected chi connectivity index (χ1v) is 10.4. The molecule has 0 unspecified atom stereocenters. The van der Waals surface area contributed by atoms with Crippen molar-refractivity contribution in [3.63, 3.8) is 0 Å². The van der Waals surface area contributed by atoms with Crippen molar-refractivity contribution >= 4 is 34.6 Å². The third kappa shape index (κ3) is 4.14. The van der Waals surface area contributed by atoms with Crippen LogP contribution < -0.4 is 20.3 Å². The maximum atomic E-state index is 12.8. The highest BCUT2D eigenvalue weighted by atomic mass is 16.5. The van der Waals surface area contributed by atoms with Gasteiger partial charge in [-0.3, -0.25) is 9.59 Å². The number of carbonyl (C=O) groups excluding carboxylic acids is 3. The van der Waals surface area contributed by atoms with Gasteiger partial charge in [0.2, 0.25) is 5.91 Å². The van der Waals surface area contributed by atoms with Crippen molar-refractivity contribution < 1.29 is 19.1 Å². The molecule has 3 N–H and O–H groups in total. The van der Waals surface area contributed by atoms with E-state index in [1.807, 2.05) is 38.1 Å². The molecule has 9 heteroatoms. The molecule has 0 spiro atoms. The summed E-state index contributed by atoms with van der Waals surface area (Å²) in [7, 11) is 1.53. The first-order valence-electron chi connectivity index (χ1n) is 10.4. The third-order valence-corrected chi connectivity index (χ3v) is 5.42. The minimum Gasteiger partial charge on any atom is -0.497 e. The van der Waals surface area contributed by atoms with Crippen LogP contribution in [0, 0.1) is 5.92 Å². The van der Waals surface area contributed by atoms with Gasteiger partial charge >= 0.3 is 6.03 Å². The summed E-state index contributed by atoms with van der Waals surface area (Å²) in [6.07, 6.45) is -0.166. The number of fused-ring (bicyclic) bond motifs is 1. The molecule has 32 heavy (non-hydrogen) atoms. The Morgan fingerprint density at radius 2 is 1.88 bits per heavy atom. The number of hydrogen-bond donors (Lipinski definition) is 3. The number of ether oxygens (including phenoxy) is 1. The molecule has 1 aliphatic heterocycles. The Morgan fingerprint density at radius 3 is 2.53 bits per heavy atom. The molecule has 0 aliphatic carbocycles. The number of amides is 4. The van der Waals surface area contributed by atoms with E-state index < -0.39 is 18.0 Å². The van der Waals surface area contributed by atoms with Gasteiger partial charge < -0.3 is 20.4 Å². The number of imidazole rings is 1. The number of aromatic amines is 1. The number of nitrogens with one attached hydrogen (secondary N) is 3. The predicted octanol–water partition coefficient (Wildman–Crippen LogP) is 2.90. The van der Waals surface area contributed by atoms with E-state index >= 15 is 0 Å². The van der Waals surface area contributed by atoms with Gasteiger partial charge in [0, 0.05) is 0 Å². The minimum absolute atomic E-state index is 0.0594. The van der Waals surface area contributed by atoms with E-state index in [1.54, 1.807) is 24.3 Å². The maximum absolute atomic E-state index is 12.8. The molecule has 166 valence electrons. The molecule has 2 heterocycles. The molecular weight excluding hydrogens is 410 g/mol. The SMILES string of the molecule is COc1ccc(N2C(=O)N[C@H](CC(=O)N[C@H](c3nc4ccccc4[nH]3)C(C)C)C2=O)cc1. The van der Waals surface area contributed by atoms with Gasteiger partial charge in [0.15, 0.2) is 0 Å². The summed E-state index contributed by atoms with van der Waals surface area (Å²) in [4.78, 5) is 46.9. The largest absolute Gasteiger partial charge is 0.497 e. The van der Waals surface area contributed by atoms with Crippen LogP contribution in [0.1, 0.15) is 32.1 Å². The van der Waals surface area contributed by atoms with Crippen molar-refractivity contribution in [1.82, 2.24) is 20.6 Å². The molecule has 2 atom stereocenters. The second-order valence-electron chi connectivity index (χ2n) is 8.01. The van der Waals surface area contributed by atoms with Crippen LogP contribution in [0.2, 0.25) is 0 Å². The summed E-state index contributed by atoms with van der Waals surface area (Å²) in [5.74, 6) is 0.502. The van der Waals surface area contributed by atoms with E-state index in [1.165, 1.54) is 7.11 Å². The number of H-pyrrole nitrogens is 1. The van der Waals surface area contributed by atoms with E-state index in [0.29, 0.717) is 17.3 Å². The number of urea groups is 1. The molecule has 0 bridgehead atoms. The van der Waals surface area contributed by atoms with Crippen LogP contribution in [0.4, 0.5) is 10.5 Å². The van der Waals surface area contributed by atoms with Crippen LogP contribution in [0.3, 0.4) is 0 Å². The lowest BCUT2D eigenvalue weighted by atomic mass is 10.0. The van der Waals surface area contributed by atoms with Crippen LogP contribution in [0.25, 0.3) is 11.0 Å². The first-order chi connectivity index (χ1) is 15.4. The predicted molar refractivity (Wildman–Crippen MR) is 119 cm³/mol. The van der Waals surface area contributed by atoms with E-state index in [0.717, 1.165) is 15.9 Å². The molecule has 1 aromatic heterocycles. The van der Waals surface area contributed by atoms with Gasteiger partial charge in [0.25, 0.3) is 5.91 Å². The normalized spacial score (nSPS) is 17.0. The zero-order chi connectivity index (χ0) is 22.8. The highest BCUT2D eigenvalue weighted by Crippen LogP contribution is 2.25. The van der Waals surface area contributed by atoms with Crippen LogP contribution in [-0.2, 0) is 9.59 Å². The van der Waals surface area contributed by atoms with Gasteiger partial charge in [0.1, 0.15) is 17.6 Å². The molecule has 0 radical (unpaired) electrons. The number of hydrogen-bond acceptors (Lipinski definition) is 5. The average molecular weight is 435 g/mol. The first kappa shape index (κ1) is 21.4. The zero-order valence-corrected chi connectivity index (χ0v) is 18.1. The molecule has 1 saturated heterocycles. The zero-order valence-electron chi connectivity index (χ0n) is 18.1. The standard InChI is InChI=1S/C23H25N5O4/c1-13(2)20(21-24-16-6-4-5-7-17(16)25-21)27-19(29)12-18-22(30)28(23(31)26-18)14-8-10-15(32-3)11-9-14/h4-11,13,18,20H,12H2,1-3H3,(H,24,25)(H,26,31)(H,27,29)/t18-,20+/m1/s1. The number of anilines is 1. The van der Waals surface area contributed by atoms with Gasteiger partial charge in [-0.2, -0.15) is 0 Å². The number of imide groups is 1. The smallest absolute Gasteiger partial charge is 0.329 e. The summed E-state index contributed by atoms with van der Waals surface area (Å²) in [6, 6.07) is 12.3. The number of aromatic nitrogens is 2.